The van der Waals surface area contributed by atoms with Crippen LogP contribution < -0.4 is 0 Å². The molecule has 1 atom stereocenters. The van der Waals surface area contributed by atoms with Gasteiger partial charge in [0.1, 0.15) is 6.10 Å². The van der Waals surface area contributed by atoms with Gasteiger partial charge in [0, 0.05) is 0 Å². The summed E-state index contributed by atoms with van der Waals surface area (Å²) in [6.45, 7) is 5.33. The van der Waals surface area contributed by atoms with Crippen molar-refractivity contribution < 1.29 is 19.7 Å². The largest absolute Gasteiger partial charge is 0.457 e. The Bertz CT molecular complexity index is 175. The molecule has 1 unspecified atom stereocenters. The lowest BCUT2D eigenvalue weighted by Gasteiger charge is -2.17. The maximum Gasteiger partial charge on any atom is 0.309 e. The van der Waals surface area contributed by atoms with Crippen LogP contribution in [0.25, 0.3) is 0 Å². The molecule has 0 aromatic heterocycles. The first kappa shape index (κ1) is 14.4. The maximum absolute atomic E-state index is 11.4. The highest BCUT2D eigenvalue weighted by Crippen LogP contribution is 2.13. The average molecular weight is 218 g/mol. The summed E-state index contributed by atoms with van der Waals surface area (Å²) in [6.07, 6.45) is 0.971. The van der Waals surface area contributed by atoms with Crippen LogP contribution in [0.3, 0.4) is 0 Å². The number of hydrogen-bond acceptors (Lipinski definition) is 4. The van der Waals surface area contributed by atoms with Gasteiger partial charge in [-0.2, -0.15) is 0 Å². The highest BCUT2D eigenvalue weighted by molar-refractivity contribution is 5.72. The maximum atomic E-state index is 11.4. The zero-order valence-corrected chi connectivity index (χ0v) is 9.77. The minimum absolute atomic E-state index is 0.173. The summed E-state index contributed by atoms with van der Waals surface area (Å²) in [7, 11) is 0. The van der Waals surface area contributed by atoms with Gasteiger partial charge in [0.2, 0.25) is 0 Å². The van der Waals surface area contributed by atoms with Crippen LogP contribution in [0.2, 0.25) is 0 Å². The van der Waals surface area contributed by atoms with Crippen LogP contribution in [0.5, 0.6) is 0 Å². The molecule has 0 fully saturated rings. The normalized spacial score (nSPS) is 13.3. The highest BCUT2D eigenvalue weighted by atomic mass is 16.6. The van der Waals surface area contributed by atoms with E-state index in [2.05, 4.69) is 13.8 Å². The van der Waals surface area contributed by atoms with Crippen molar-refractivity contribution in [3.05, 3.63) is 0 Å². The van der Waals surface area contributed by atoms with Crippen LogP contribution in [0.15, 0.2) is 0 Å². The Hall–Kier alpha value is -0.610. The van der Waals surface area contributed by atoms with Gasteiger partial charge in [-0.1, -0.05) is 27.2 Å². The number of carbonyl (C=O) groups excluding carboxylic acids is 1. The molecule has 0 saturated heterocycles. The number of carbonyl (C=O) groups is 1. The van der Waals surface area contributed by atoms with Gasteiger partial charge < -0.3 is 14.9 Å². The number of hydrogen-bond donors (Lipinski definition) is 2. The van der Waals surface area contributed by atoms with Crippen LogP contribution in [-0.2, 0) is 9.53 Å². The first-order chi connectivity index (χ1) is 7.01. The van der Waals surface area contributed by atoms with Gasteiger partial charge in [0.05, 0.1) is 19.1 Å². The molecule has 4 nitrogen and oxygen atoms in total. The molecule has 0 heterocycles. The molecule has 0 amide bonds. The Kier molecular flexibility index (Phi) is 7.34. The molecule has 0 aliphatic carbocycles. The fourth-order valence-corrected chi connectivity index (χ4v) is 1.11. The number of aliphatic hydroxyl groups is 2. The third-order valence-electron chi connectivity index (χ3n) is 2.27. The van der Waals surface area contributed by atoms with E-state index in [-0.39, 0.29) is 25.1 Å². The highest BCUT2D eigenvalue weighted by Gasteiger charge is 2.18. The molecule has 90 valence electrons. The SMILES string of the molecule is CC(C)CCC(C)C(=O)OC(CO)CO. The summed E-state index contributed by atoms with van der Waals surface area (Å²) in [6, 6.07) is 0. The minimum atomic E-state index is -0.779. The van der Waals surface area contributed by atoms with Crippen LogP contribution >= 0.6 is 0 Å². The van der Waals surface area contributed by atoms with E-state index in [0.717, 1.165) is 12.8 Å². The lowest BCUT2D eigenvalue weighted by Crippen LogP contribution is -2.28. The van der Waals surface area contributed by atoms with Crippen LogP contribution in [0.4, 0.5) is 0 Å². The standard InChI is InChI=1S/C11H22O4/c1-8(2)4-5-9(3)11(14)15-10(6-12)7-13/h8-10,12-13H,4-7H2,1-3H3. The van der Waals surface area contributed by atoms with Gasteiger partial charge in [0.15, 0.2) is 0 Å². The summed E-state index contributed by atoms with van der Waals surface area (Å²) in [5.74, 6) is 0.0449. The molecule has 0 rings (SSSR count). The lowest BCUT2D eigenvalue weighted by molar-refractivity contribution is -0.158. The molecule has 0 saturated carbocycles. The Morgan fingerprint density at radius 1 is 1.13 bits per heavy atom. The Labute approximate surface area is 91.3 Å². The van der Waals surface area contributed by atoms with Gasteiger partial charge in [0.25, 0.3) is 0 Å². The van der Waals surface area contributed by atoms with E-state index >= 15 is 0 Å². The average Bonchev–Trinajstić information content (AvgIpc) is 2.21. The predicted molar refractivity (Wildman–Crippen MR) is 57.3 cm³/mol. The van der Waals surface area contributed by atoms with Gasteiger partial charge in [-0.05, 0) is 12.3 Å². The van der Waals surface area contributed by atoms with E-state index in [9.17, 15) is 4.79 Å². The quantitative estimate of drug-likeness (QED) is 0.624. The second kappa shape index (κ2) is 7.65. The molecule has 0 aliphatic rings. The van der Waals surface area contributed by atoms with E-state index in [0.29, 0.717) is 5.92 Å². The van der Waals surface area contributed by atoms with Crippen molar-refractivity contribution in [2.45, 2.75) is 39.7 Å². The number of ether oxygens (including phenoxy) is 1. The summed E-state index contributed by atoms with van der Waals surface area (Å²) in [5.41, 5.74) is 0. The van der Waals surface area contributed by atoms with E-state index in [1.54, 1.807) is 6.92 Å². The van der Waals surface area contributed by atoms with Crippen molar-refractivity contribution in [1.29, 1.82) is 0 Å². The topological polar surface area (TPSA) is 66.8 Å². The number of esters is 1. The molecule has 0 aliphatic heterocycles. The van der Waals surface area contributed by atoms with Gasteiger partial charge in [-0.25, -0.2) is 0 Å². The summed E-state index contributed by atoms with van der Waals surface area (Å²) in [5, 5.41) is 17.5. The van der Waals surface area contributed by atoms with Gasteiger partial charge in [-0.15, -0.1) is 0 Å². The summed E-state index contributed by atoms with van der Waals surface area (Å²) >= 11 is 0. The molecule has 0 aromatic carbocycles. The molecule has 0 spiro atoms. The van der Waals surface area contributed by atoms with E-state index < -0.39 is 6.10 Å². The van der Waals surface area contributed by atoms with Gasteiger partial charge in [-0.3, -0.25) is 4.79 Å². The van der Waals surface area contributed by atoms with Crippen molar-refractivity contribution in [2.75, 3.05) is 13.2 Å². The molecular formula is C11H22O4. The first-order valence-corrected chi connectivity index (χ1v) is 5.43. The van der Waals surface area contributed by atoms with Crippen molar-refractivity contribution in [3.8, 4) is 0 Å². The van der Waals surface area contributed by atoms with E-state index in [4.69, 9.17) is 14.9 Å². The molecule has 4 heteroatoms. The van der Waals surface area contributed by atoms with E-state index in [1.165, 1.54) is 0 Å². The zero-order valence-electron chi connectivity index (χ0n) is 9.77. The van der Waals surface area contributed by atoms with Crippen molar-refractivity contribution in [2.24, 2.45) is 11.8 Å². The predicted octanol–water partition coefficient (Wildman–Crippen LogP) is 0.955. The van der Waals surface area contributed by atoms with Crippen molar-refractivity contribution in [3.63, 3.8) is 0 Å². The second-order valence-electron chi connectivity index (χ2n) is 4.30. The van der Waals surface area contributed by atoms with Crippen LogP contribution in [0.1, 0.15) is 33.6 Å². The smallest absolute Gasteiger partial charge is 0.309 e. The van der Waals surface area contributed by atoms with Crippen molar-refractivity contribution >= 4 is 5.97 Å². The zero-order chi connectivity index (χ0) is 11.8. The van der Waals surface area contributed by atoms with E-state index in [1.807, 2.05) is 0 Å². The molecule has 0 bridgehead atoms. The Morgan fingerprint density at radius 3 is 2.07 bits per heavy atom. The van der Waals surface area contributed by atoms with Crippen molar-refractivity contribution in [1.82, 2.24) is 0 Å². The summed E-state index contributed by atoms with van der Waals surface area (Å²) in [4.78, 5) is 11.4. The molecule has 15 heavy (non-hydrogen) atoms. The molecule has 2 N–H and O–H groups in total. The van der Waals surface area contributed by atoms with Gasteiger partial charge >= 0.3 is 5.97 Å². The number of rotatable bonds is 7. The number of aliphatic hydroxyl groups excluding tert-OH is 2. The summed E-state index contributed by atoms with van der Waals surface area (Å²) < 4.78 is 4.90. The molecular weight excluding hydrogens is 196 g/mol. The monoisotopic (exact) mass is 218 g/mol. The van der Waals surface area contributed by atoms with Crippen LogP contribution in [-0.4, -0.2) is 35.5 Å². The Balaban J connectivity index is 3.87. The molecule has 0 aromatic rings. The second-order valence-corrected chi connectivity index (χ2v) is 4.30. The van der Waals surface area contributed by atoms with Crippen LogP contribution in [0, 0.1) is 11.8 Å². The molecule has 0 radical (unpaired) electrons. The lowest BCUT2D eigenvalue weighted by atomic mass is 9.99. The first-order valence-electron chi connectivity index (χ1n) is 5.43. The fourth-order valence-electron chi connectivity index (χ4n) is 1.11. The third kappa shape index (κ3) is 6.47. The minimum Gasteiger partial charge on any atom is -0.457 e. The fraction of sp³-hybridized carbons (Fsp3) is 0.909. The third-order valence-corrected chi connectivity index (χ3v) is 2.27. The Morgan fingerprint density at radius 2 is 1.67 bits per heavy atom.